The van der Waals surface area contributed by atoms with Gasteiger partial charge in [0.15, 0.2) is 0 Å². The minimum atomic E-state index is -0.188. The van der Waals surface area contributed by atoms with E-state index in [1.165, 1.54) is 7.11 Å². The number of rotatable bonds is 5. The average Bonchev–Trinajstić information content (AvgIpc) is 3.23. The molecule has 23 heavy (non-hydrogen) atoms. The highest BCUT2D eigenvalue weighted by atomic mass is 16.5. The van der Waals surface area contributed by atoms with Crippen LogP contribution in [-0.2, 0) is 4.74 Å². The molecule has 7 nitrogen and oxygen atoms in total. The Balaban J connectivity index is 1.65. The summed E-state index contributed by atoms with van der Waals surface area (Å²) in [7, 11) is 1.51. The van der Waals surface area contributed by atoms with Crippen LogP contribution in [0.4, 0.5) is 0 Å². The van der Waals surface area contributed by atoms with Crippen LogP contribution in [0.1, 0.15) is 34.1 Å². The van der Waals surface area contributed by atoms with Crippen LogP contribution in [0.2, 0.25) is 0 Å². The summed E-state index contributed by atoms with van der Waals surface area (Å²) in [5.41, 5.74) is 2.26. The van der Waals surface area contributed by atoms with E-state index >= 15 is 0 Å². The lowest BCUT2D eigenvalue weighted by molar-refractivity contribution is 0.0845. The molecule has 2 aromatic rings. The van der Waals surface area contributed by atoms with Crippen molar-refractivity contribution in [2.24, 2.45) is 5.92 Å². The number of carbonyl (C=O) groups is 1. The topological polar surface area (TPSA) is 89.1 Å². The molecule has 3 heterocycles. The molecule has 3 rings (SSSR count). The number of ether oxygens (including phenoxy) is 2. The second kappa shape index (κ2) is 6.78. The summed E-state index contributed by atoms with van der Waals surface area (Å²) < 4.78 is 11.0. The first kappa shape index (κ1) is 15.5. The number of methoxy groups -OCH3 is 1. The number of pyridine rings is 1. The van der Waals surface area contributed by atoms with E-state index in [0.29, 0.717) is 24.6 Å². The molecule has 2 N–H and O–H groups in total. The first-order chi connectivity index (χ1) is 11.2. The third-order valence-electron chi connectivity index (χ3n) is 4.02. The highest BCUT2D eigenvalue weighted by Crippen LogP contribution is 2.33. The Kier molecular flexibility index (Phi) is 4.57. The molecule has 1 amide bonds. The van der Waals surface area contributed by atoms with Crippen LogP contribution in [0.15, 0.2) is 24.5 Å². The highest BCUT2D eigenvalue weighted by Gasteiger charge is 2.30. The van der Waals surface area contributed by atoms with Crippen LogP contribution in [0.3, 0.4) is 0 Å². The van der Waals surface area contributed by atoms with Crippen molar-refractivity contribution < 1.29 is 14.3 Å². The molecule has 1 saturated heterocycles. The second-order valence-electron chi connectivity index (χ2n) is 5.59. The second-order valence-corrected chi connectivity index (χ2v) is 5.59. The van der Waals surface area contributed by atoms with Crippen molar-refractivity contribution in [3.8, 4) is 5.88 Å². The standard InChI is InChI=1S/C16H20N4O3/c1-10-3-4-13(16(20-10)22-2)15(21)17-7-11-5-6-23-14(11)12-8-18-19-9-12/h3-4,8-9,11,14H,5-7H2,1-2H3,(H,17,21)(H,18,19)/t11-,14+/m1/s1. The molecule has 7 heteroatoms. The lowest BCUT2D eigenvalue weighted by atomic mass is 9.97. The lowest BCUT2D eigenvalue weighted by Crippen LogP contribution is -2.31. The molecule has 0 spiro atoms. The van der Waals surface area contributed by atoms with Gasteiger partial charge in [-0.15, -0.1) is 0 Å². The highest BCUT2D eigenvalue weighted by molar-refractivity contribution is 5.96. The van der Waals surface area contributed by atoms with Crippen LogP contribution in [-0.4, -0.2) is 41.3 Å². The third kappa shape index (κ3) is 3.34. The summed E-state index contributed by atoms with van der Waals surface area (Å²) in [5, 5.41) is 9.71. The largest absolute Gasteiger partial charge is 0.480 e. The van der Waals surface area contributed by atoms with Crippen molar-refractivity contribution in [2.45, 2.75) is 19.4 Å². The molecule has 0 saturated carbocycles. The van der Waals surface area contributed by atoms with Gasteiger partial charge in [-0.3, -0.25) is 9.89 Å². The number of amides is 1. The summed E-state index contributed by atoms with van der Waals surface area (Å²) >= 11 is 0. The number of nitrogens with one attached hydrogen (secondary N) is 2. The van der Waals surface area contributed by atoms with E-state index < -0.39 is 0 Å². The third-order valence-corrected chi connectivity index (χ3v) is 4.02. The molecule has 0 aliphatic carbocycles. The number of aromatic amines is 1. The fourth-order valence-corrected chi connectivity index (χ4v) is 2.81. The number of nitrogens with zero attached hydrogens (tertiary/aromatic N) is 2. The molecule has 0 radical (unpaired) electrons. The molecular weight excluding hydrogens is 296 g/mol. The van der Waals surface area contributed by atoms with Gasteiger partial charge in [0.05, 0.1) is 19.4 Å². The van der Waals surface area contributed by atoms with E-state index in [2.05, 4.69) is 20.5 Å². The van der Waals surface area contributed by atoms with Gasteiger partial charge in [-0.1, -0.05) is 0 Å². The zero-order valence-electron chi connectivity index (χ0n) is 13.2. The van der Waals surface area contributed by atoms with Crippen LogP contribution < -0.4 is 10.1 Å². The van der Waals surface area contributed by atoms with E-state index in [4.69, 9.17) is 9.47 Å². The summed E-state index contributed by atoms with van der Waals surface area (Å²) in [4.78, 5) is 16.6. The quantitative estimate of drug-likeness (QED) is 0.875. The molecule has 1 aliphatic rings. The monoisotopic (exact) mass is 316 g/mol. The number of H-pyrrole nitrogens is 1. The Bertz CT molecular complexity index is 672. The number of aryl methyl sites for hydroxylation is 1. The van der Waals surface area contributed by atoms with Crippen molar-refractivity contribution in [3.05, 3.63) is 41.3 Å². The maximum absolute atomic E-state index is 12.4. The zero-order valence-corrected chi connectivity index (χ0v) is 13.2. The Morgan fingerprint density at radius 1 is 1.52 bits per heavy atom. The Hall–Kier alpha value is -2.41. The van der Waals surface area contributed by atoms with Gasteiger partial charge in [0.2, 0.25) is 5.88 Å². The molecular formula is C16H20N4O3. The molecule has 1 fully saturated rings. The molecule has 122 valence electrons. The van der Waals surface area contributed by atoms with Crippen molar-refractivity contribution in [1.82, 2.24) is 20.5 Å². The number of carbonyl (C=O) groups excluding carboxylic acids is 1. The van der Waals surface area contributed by atoms with Crippen LogP contribution in [0, 0.1) is 12.8 Å². The zero-order chi connectivity index (χ0) is 16.2. The van der Waals surface area contributed by atoms with E-state index in [1.807, 2.05) is 13.1 Å². The minimum absolute atomic E-state index is 0.0351. The fraction of sp³-hybridized carbons (Fsp3) is 0.438. The summed E-state index contributed by atoms with van der Waals surface area (Å²) in [6.07, 6.45) is 4.46. The van der Waals surface area contributed by atoms with Crippen molar-refractivity contribution >= 4 is 5.91 Å². The van der Waals surface area contributed by atoms with Gasteiger partial charge in [-0.25, -0.2) is 4.98 Å². The maximum Gasteiger partial charge on any atom is 0.256 e. The van der Waals surface area contributed by atoms with Crippen molar-refractivity contribution in [1.29, 1.82) is 0 Å². The van der Waals surface area contributed by atoms with Crippen LogP contribution in [0.5, 0.6) is 5.88 Å². The first-order valence-electron chi connectivity index (χ1n) is 7.59. The van der Waals surface area contributed by atoms with Gasteiger partial charge >= 0.3 is 0 Å². The van der Waals surface area contributed by atoms with Crippen LogP contribution >= 0.6 is 0 Å². The van der Waals surface area contributed by atoms with Crippen LogP contribution in [0.25, 0.3) is 0 Å². The van der Waals surface area contributed by atoms with Gasteiger partial charge in [0.1, 0.15) is 5.56 Å². The smallest absolute Gasteiger partial charge is 0.256 e. The van der Waals surface area contributed by atoms with Gasteiger partial charge in [0, 0.05) is 36.5 Å². The predicted molar refractivity (Wildman–Crippen MR) is 83.2 cm³/mol. The molecule has 0 aromatic carbocycles. The van der Waals surface area contributed by atoms with Crippen molar-refractivity contribution in [2.75, 3.05) is 20.3 Å². The average molecular weight is 316 g/mol. The van der Waals surface area contributed by atoms with Crippen molar-refractivity contribution in [3.63, 3.8) is 0 Å². The molecule has 1 aliphatic heterocycles. The normalized spacial score (nSPS) is 20.4. The Morgan fingerprint density at radius 3 is 3.13 bits per heavy atom. The molecule has 0 bridgehead atoms. The van der Waals surface area contributed by atoms with Gasteiger partial charge in [0.25, 0.3) is 5.91 Å². The molecule has 2 atom stereocenters. The fourth-order valence-electron chi connectivity index (χ4n) is 2.81. The van der Waals surface area contributed by atoms with E-state index in [9.17, 15) is 4.79 Å². The SMILES string of the molecule is COc1nc(C)ccc1C(=O)NC[C@H]1CCO[C@@H]1c1cn[nH]c1. The molecule has 2 aromatic heterocycles. The molecule has 0 unspecified atom stereocenters. The summed E-state index contributed by atoms with van der Waals surface area (Å²) in [6, 6.07) is 3.53. The number of aromatic nitrogens is 3. The van der Waals surface area contributed by atoms with E-state index in [-0.39, 0.29) is 17.9 Å². The first-order valence-corrected chi connectivity index (χ1v) is 7.59. The maximum atomic E-state index is 12.4. The van der Waals surface area contributed by atoms with E-state index in [1.54, 1.807) is 18.3 Å². The predicted octanol–water partition coefficient (Wildman–Crippen LogP) is 1.63. The minimum Gasteiger partial charge on any atom is -0.480 e. The lowest BCUT2D eigenvalue weighted by Gasteiger charge is -2.18. The Morgan fingerprint density at radius 2 is 2.39 bits per heavy atom. The van der Waals surface area contributed by atoms with Gasteiger partial charge in [-0.2, -0.15) is 5.10 Å². The number of hydrogen-bond acceptors (Lipinski definition) is 5. The van der Waals surface area contributed by atoms with Gasteiger partial charge < -0.3 is 14.8 Å². The summed E-state index contributed by atoms with van der Waals surface area (Å²) in [6.45, 7) is 3.08. The summed E-state index contributed by atoms with van der Waals surface area (Å²) in [5.74, 6) is 0.379. The van der Waals surface area contributed by atoms with E-state index in [0.717, 1.165) is 17.7 Å². The Labute approximate surface area is 134 Å². The number of hydrogen-bond donors (Lipinski definition) is 2. The van der Waals surface area contributed by atoms with Gasteiger partial charge in [-0.05, 0) is 25.5 Å².